The average Bonchev–Trinajstić information content (AvgIpc) is 3.05. The number of para-hydroxylation sites is 2. The smallest absolute Gasteiger partial charge is 0.268 e. The molecule has 0 fully saturated rings. The Morgan fingerprint density at radius 1 is 1.11 bits per heavy atom. The molecular formula is C22H25N3O3. The number of carbonyl (C=O) groups is 1. The molecule has 1 aromatic carbocycles. The van der Waals surface area contributed by atoms with E-state index < -0.39 is 0 Å². The van der Waals surface area contributed by atoms with Crippen molar-refractivity contribution >= 4 is 5.91 Å². The molecule has 0 saturated carbocycles. The number of hydrogen-bond acceptors (Lipinski definition) is 4. The van der Waals surface area contributed by atoms with Crippen LogP contribution in [0, 0.1) is 6.92 Å². The van der Waals surface area contributed by atoms with Gasteiger partial charge in [0.05, 0.1) is 6.61 Å². The van der Waals surface area contributed by atoms with Gasteiger partial charge in [0.1, 0.15) is 5.69 Å². The number of aromatic nitrogens is 2. The Kier molecular flexibility index (Phi) is 6.32. The summed E-state index contributed by atoms with van der Waals surface area (Å²) in [7, 11) is 1.87. The number of hydrogen-bond donors (Lipinski definition) is 1. The molecule has 6 nitrogen and oxygen atoms in total. The Morgan fingerprint density at radius 3 is 2.61 bits per heavy atom. The molecule has 146 valence electrons. The minimum Gasteiger partial charge on any atom is -0.490 e. The molecular weight excluding hydrogens is 354 g/mol. The van der Waals surface area contributed by atoms with Crippen LogP contribution in [0.4, 0.5) is 0 Å². The van der Waals surface area contributed by atoms with E-state index >= 15 is 0 Å². The van der Waals surface area contributed by atoms with E-state index in [2.05, 4.69) is 17.2 Å². The van der Waals surface area contributed by atoms with Crippen LogP contribution in [0.15, 0.2) is 54.7 Å². The van der Waals surface area contributed by atoms with Crippen LogP contribution in [-0.2, 0) is 13.6 Å². The molecule has 0 radical (unpaired) electrons. The summed E-state index contributed by atoms with van der Waals surface area (Å²) in [6.07, 6.45) is 2.57. The van der Waals surface area contributed by atoms with Gasteiger partial charge in [-0.2, -0.15) is 0 Å². The maximum atomic E-state index is 12.5. The van der Waals surface area contributed by atoms with E-state index in [1.54, 1.807) is 6.20 Å². The van der Waals surface area contributed by atoms with Gasteiger partial charge in [-0.25, -0.2) is 4.98 Å². The van der Waals surface area contributed by atoms with Crippen molar-refractivity contribution in [2.24, 2.45) is 7.05 Å². The maximum Gasteiger partial charge on any atom is 0.268 e. The van der Waals surface area contributed by atoms with Crippen molar-refractivity contribution in [1.29, 1.82) is 0 Å². The normalized spacial score (nSPS) is 10.5. The van der Waals surface area contributed by atoms with Crippen LogP contribution in [0.1, 0.15) is 35.1 Å². The summed E-state index contributed by atoms with van der Waals surface area (Å²) in [6.45, 7) is 4.94. The van der Waals surface area contributed by atoms with Gasteiger partial charge in [0.2, 0.25) is 5.88 Å². The number of ether oxygens (including phenoxy) is 2. The summed E-state index contributed by atoms with van der Waals surface area (Å²) in [5, 5.41) is 2.93. The third-order valence-electron chi connectivity index (χ3n) is 4.41. The van der Waals surface area contributed by atoms with Crippen LogP contribution in [-0.4, -0.2) is 22.1 Å². The zero-order chi connectivity index (χ0) is 19.9. The lowest BCUT2D eigenvalue weighted by Gasteiger charge is -2.14. The summed E-state index contributed by atoms with van der Waals surface area (Å²) in [5.74, 6) is 1.57. The number of carbonyl (C=O) groups excluding carboxylic acids is 1. The second-order valence-corrected chi connectivity index (χ2v) is 6.47. The summed E-state index contributed by atoms with van der Waals surface area (Å²) in [4.78, 5) is 16.8. The van der Waals surface area contributed by atoms with Gasteiger partial charge in [-0.3, -0.25) is 4.79 Å². The summed E-state index contributed by atoms with van der Waals surface area (Å²) >= 11 is 0. The summed E-state index contributed by atoms with van der Waals surface area (Å²) < 4.78 is 13.6. The predicted octanol–water partition coefficient (Wildman–Crippen LogP) is 4.24. The lowest BCUT2D eigenvalue weighted by molar-refractivity contribution is 0.0942. The number of benzene rings is 1. The molecule has 3 aromatic rings. The number of pyridine rings is 1. The monoisotopic (exact) mass is 379 g/mol. The van der Waals surface area contributed by atoms with Crippen LogP contribution in [0.3, 0.4) is 0 Å². The molecule has 1 N–H and O–H groups in total. The first-order chi connectivity index (χ1) is 13.6. The standard InChI is InChI=1S/C22H25N3O3/c1-4-14-27-19-9-5-6-10-20(19)28-22-17(8-7-13-23-22)15-24-21(26)18-12-11-16(2)25(18)3/h5-13H,4,14-15H2,1-3H3,(H,24,26). The fraction of sp³-hybridized carbons (Fsp3) is 0.273. The molecule has 0 aliphatic rings. The van der Waals surface area contributed by atoms with Gasteiger partial charge >= 0.3 is 0 Å². The number of aryl methyl sites for hydroxylation is 1. The number of amides is 1. The molecule has 2 heterocycles. The highest BCUT2D eigenvalue weighted by Crippen LogP contribution is 2.31. The Balaban J connectivity index is 1.73. The predicted molar refractivity (Wildman–Crippen MR) is 108 cm³/mol. The Morgan fingerprint density at radius 2 is 1.89 bits per heavy atom. The van der Waals surface area contributed by atoms with Crippen LogP contribution in [0.25, 0.3) is 0 Å². The molecule has 28 heavy (non-hydrogen) atoms. The van der Waals surface area contributed by atoms with Crippen molar-refractivity contribution in [3.05, 3.63) is 71.7 Å². The van der Waals surface area contributed by atoms with Gasteiger partial charge in [0.25, 0.3) is 5.91 Å². The molecule has 3 rings (SSSR count). The van der Waals surface area contributed by atoms with Crippen molar-refractivity contribution in [3.8, 4) is 17.4 Å². The van der Waals surface area contributed by atoms with Crippen molar-refractivity contribution < 1.29 is 14.3 Å². The zero-order valence-electron chi connectivity index (χ0n) is 16.4. The highest BCUT2D eigenvalue weighted by atomic mass is 16.5. The number of nitrogens with zero attached hydrogens (tertiary/aromatic N) is 2. The van der Waals surface area contributed by atoms with Crippen LogP contribution in [0.5, 0.6) is 17.4 Å². The Labute approximate surface area is 165 Å². The topological polar surface area (TPSA) is 65.4 Å². The Bertz CT molecular complexity index is 950. The second-order valence-electron chi connectivity index (χ2n) is 6.47. The first-order valence-electron chi connectivity index (χ1n) is 9.34. The molecule has 0 atom stereocenters. The second kappa shape index (κ2) is 9.08. The highest BCUT2D eigenvalue weighted by molar-refractivity contribution is 5.92. The van der Waals surface area contributed by atoms with Crippen molar-refractivity contribution in [2.45, 2.75) is 26.8 Å². The van der Waals surface area contributed by atoms with Crippen molar-refractivity contribution in [2.75, 3.05) is 6.61 Å². The van der Waals surface area contributed by atoms with Gasteiger partial charge in [-0.05, 0) is 43.7 Å². The lowest BCUT2D eigenvalue weighted by atomic mass is 10.2. The molecule has 0 aliphatic heterocycles. The van der Waals surface area contributed by atoms with Crippen LogP contribution in [0.2, 0.25) is 0 Å². The third-order valence-corrected chi connectivity index (χ3v) is 4.41. The number of nitrogens with one attached hydrogen (secondary N) is 1. The van der Waals surface area contributed by atoms with Crippen molar-refractivity contribution in [1.82, 2.24) is 14.9 Å². The van der Waals surface area contributed by atoms with Crippen LogP contribution >= 0.6 is 0 Å². The van der Waals surface area contributed by atoms with Gasteiger partial charge in [0.15, 0.2) is 11.5 Å². The Hall–Kier alpha value is -3.28. The molecule has 0 saturated heterocycles. The van der Waals surface area contributed by atoms with Gasteiger partial charge in [-0.1, -0.05) is 25.1 Å². The molecule has 0 spiro atoms. The zero-order valence-corrected chi connectivity index (χ0v) is 16.4. The van der Waals surface area contributed by atoms with E-state index in [4.69, 9.17) is 9.47 Å². The summed E-state index contributed by atoms with van der Waals surface area (Å²) in [6, 6.07) is 14.9. The van der Waals surface area contributed by atoms with E-state index in [-0.39, 0.29) is 5.91 Å². The SMILES string of the molecule is CCCOc1ccccc1Oc1ncccc1CNC(=O)c1ccc(C)n1C. The molecule has 0 aliphatic carbocycles. The first kappa shape index (κ1) is 19.5. The fourth-order valence-corrected chi connectivity index (χ4v) is 2.73. The minimum absolute atomic E-state index is 0.142. The molecule has 6 heteroatoms. The lowest BCUT2D eigenvalue weighted by Crippen LogP contribution is -2.25. The van der Waals surface area contributed by atoms with Gasteiger partial charge in [-0.15, -0.1) is 0 Å². The highest BCUT2D eigenvalue weighted by Gasteiger charge is 2.14. The molecule has 2 aromatic heterocycles. The molecule has 0 bridgehead atoms. The third kappa shape index (κ3) is 4.52. The fourth-order valence-electron chi connectivity index (χ4n) is 2.73. The van der Waals surface area contributed by atoms with Crippen molar-refractivity contribution in [3.63, 3.8) is 0 Å². The minimum atomic E-state index is -0.142. The average molecular weight is 379 g/mol. The maximum absolute atomic E-state index is 12.5. The van der Waals surface area contributed by atoms with Gasteiger partial charge in [0, 0.05) is 31.0 Å². The van der Waals surface area contributed by atoms with E-state index in [1.165, 1.54) is 0 Å². The largest absolute Gasteiger partial charge is 0.490 e. The van der Waals surface area contributed by atoms with E-state index in [0.717, 1.165) is 17.7 Å². The van der Waals surface area contributed by atoms with E-state index in [9.17, 15) is 4.79 Å². The van der Waals surface area contributed by atoms with Crippen LogP contribution < -0.4 is 14.8 Å². The van der Waals surface area contributed by atoms with E-state index in [1.807, 2.05) is 67.1 Å². The molecule has 1 amide bonds. The molecule has 0 unspecified atom stereocenters. The first-order valence-corrected chi connectivity index (χ1v) is 9.34. The summed E-state index contributed by atoms with van der Waals surface area (Å²) in [5.41, 5.74) is 2.42. The van der Waals surface area contributed by atoms with Gasteiger partial charge < -0.3 is 19.4 Å². The quantitative estimate of drug-likeness (QED) is 0.636. The number of rotatable bonds is 8. The van der Waals surface area contributed by atoms with E-state index in [0.29, 0.717) is 36.2 Å².